The van der Waals surface area contributed by atoms with E-state index in [0.29, 0.717) is 40.3 Å². The van der Waals surface area contributed by atoms with Crippen LogP contribution in [0.4, 0.5) is 5.82 Å². The largest absolute Gasteiger partial charge is 0.382 e. The number of rotatable bonds is 3. The van der Waals surface area contributed by atoms with Crippen molar-refractivity contribution in [3.05, 3.63) is 82.4 Å². The SMILES string of the molecule is C.Cc1ccccc1-n1c(Cn2cnc3c(N)ncnc32)nc2cccc(C)c2c1=O. The van der Waals surface area contributed by atoms with Gasteiger partial charge in [0.15, 0.2) is 11.5 Å². The van der Waals surface area contributed by atoms with Crippen molar-refractivity contribution >= 4 is 27.9 Å². The molecule has 3 aromatic heterocycles. The van der Waals surface area contributed by atoms with E-state index in [0.717, 1.165) is 16.8 Å². The lowest BCUT2D eigenvalue weighted by molar-refractivity contribution is 0.716. The summed E-state index contributed by atoms with van der Waals surface area (Å²) in [6.07, 6.45) is 3.05. The fourth-order valence-electron chi connectivity index (χ4n) is 3.78. The molecule has 156 valence electrons. The summed E-state index contributed by atoms with van der Waals surface area (Å²) in [4.78, 5) is 31.1. The number of imidazole rings is 1. The summed E-state index contributed by atoms with van der Waals surface area (Å²) in [5.74, 6) is 0.904. The van der Waals surface area contributed by atoms with E-state index < -0.39 is 0 Å². The van der Waals surface area contributed by atoms with Crippen molar-refractivity contribution in [2.45, 2.75) is 27.8 Å². The molecule has 2 N–H and O–H groups in total. The molecule has 0 amide bonds. The number of nitrogens with zero attached hydrogens (tertiary/aromatic N) is 6. The normalized spacial score (nSPS) is 11.0. The van der Waals surface area contributed by atoms with E-state index in [2.05, 4.69) is 15.0 Å². The number of anilines is 1. The molecule has 0 spiro atoms. The standard InChI is InChI=1S/C22H19N7O.CH4/c1-13-6-3-4-9-16(13)29-17(27-15-8-5-7-14(2)18(15)22(29)30)10-28-12-26-19-20(23)24-11-25-21(19)28;/h3-9,11-12H,10H2,1-2H3,(H2,23,24,25);1H4. The third-order valence-corrected chi connectivity index (χ3v) is 5.27. The van der Waals surface area contributed by atoms with Crippen LogP contribution in [0.15, 0.2) is 59.9 Å². The Balaban J connectivity index is 0.00000231. The number of aromatic nitrogens is 6. The first kappa shape index (κ1) is 20.2. The van der Waals surface area contributed by atoms with Crippen LogP contribution in [0, 0.1) is 13.8 Å². The second-order valence-electron chi connectivity index (χ2n) is 7.23. The summed E-state index contributed by atoms with van der Waals surface area (Å²) in [7, 11) is 0. The minimum Gasteiger partial charge on any atom is -0.382 e. The van der Waals surface area contributed by atoms with E-state index in [-0.39, 0.29) is 13.0 Å². The molecule has 0 aliphatic rings. The maximum atomic E-state index is 13.6. The smallest absolute Gasteiger partial charge is 0.266 e. The average Bonchev–Trinajstić information content (AvgIpc) is 3.13. The number of nitrogen functional groups attached to an aromatic ring is 1. The molecule has 31 heavy (non-hydrogen) atoms. The van der Waals surface area contributed by atoms with E-state index >= 15 is 0 Å². The predicted octanol–water partition coefficient (Wildman–Crippen LogP) is 3.41. The number of benzene rings is 2. The minimum absolute atomic E-state index is 0. The Hall–Kier alpha value is -4.07. The molecule has 0 saturated carbocycles. The fourth-order valence-corrected chi connectivity index (χ4v) is 3.78. The molecule has 3 heterocycles. The van der Waals surface area contributed by atoms with Crippen molar-refractivity contribution < 1.29 is 0 Å². The first-order valence-corrected chi connectivity index (χ1v) is 9.53. The Labute approximate surface area is 179 Å². The number of nitrogens with two attached hydrogens (primary N) is 1. The van der Waals surface area contributed by atoms with Crippen LogP contribution in [0.3, 0.4) is 0 Å². The Morgan fingerprint density at radius 1 is 0.968 bits per heavy atom. The third kappa shape index (κ3) is 3.22. The van der Waals surface area contributed by atoms with Crippen LogP contribution in [0.25, 0.3) is 27.8 Å². The van der Waals surface area contributed by atoms with E-state index in [4.69, 9.17) is 10.7 Å². The Bertz CT molecular complexity index is 1480. The van der Waals surface area contributed by atoms with Gasteiger partial charge < -0.3 is 10.3 Å². The van der Waals surface area contributed by atoms with Crippen molar-refractivity contribution in [2.75, 3.05) is 5.73 Å². The first-order valence-electron chi connectivity index (χ1n) is 9.53. The highest BCUT2D eigenvalue weighted by molar-refractivity contribution is 5.82. The number of hydrogen-bond acceptors (Lipinski definition) is 6. The maximum Gasteiger partial charge on any atom is 0.266 e. The van der Waals surface area contributed by atoms with Crippen LogP contribution in [-0.4, -0.2) is 29.1 Å². The Morgan fingerprint density at radius 3 is 2.55 bits per heavy atom. The molecule has 0 aliphatic carbocycles. The number of para-hydroxylation sites is 1. The third-order valence-electron chi connectivity index (χ3n) is 5.27. The summed E-state index contributed by atoms with van der Waals surface area (Å²) >= 11 is 0. The number of fused-ring (bicyclic) bond motifs is 2. The highest BCUT2D eigenvalue weighted by Crippen LogP contribution is 2.20. The van der Waals surface area contributed by atoms with Gasteiger partial charge in [-0.05, 0) is 37.1 Å². The van der Waals surface area contributed by atoms with Gasteiger partial charge in [0.2, 0.25) is 0 Å². The van der Waals surface area contributed by atoms with Crippen molar-refractivity contribution in [1.82, 2.24) is 29.1 Å². The second-order valence-corrected chi connectivity index (χ2v) is 7.23. The van der Waals surface area contributed by atoms with Gasteiger partial charge in [0.1, 0.15) is 17.7 Å². The predicted molar refractivity (Wildman–Crippen MR) is 122 cm³/mol. The van der Waals surface area contributed by atoms with E-state index in [1.807, 2.05) is 60.9 Å². The van der Waals surface area contributed by atoms with E-state index in [1.54, 1.807) is 10.9 Å². The quantitative estimate of drug-likeness (QED) is 0.486. The molecule has 8 nitrogen and oxygen atoms in total. The molecular weight excluding hydrogens is 390 g/mol. The molecule has 0 radical (unpaired) electrons. The summed E-state index contributed by atoms with van der Waals surface area (Å²) in [6.45, 7) is 4.21. The average molecular weight is 413 g/mol. The lowest BCUT2D eigenvalue weighted by Crippen LogP contribution is -2.26. The second kappa shape index (κ2) is 7.64. The molecule has 8 heteroatoms. The lowest BCUT2D eigenvalue weighted by atomic mass is 10.1. The number of hydrogen-bond donors (Lipinski definition) is 1. The summed E-state index contributed by atoms with van der Waals surface area (Å²) in [5.41, 5.74) is 10.3. The monoisotopic (exact) mass is 413 g/mol. The zero-order valence-electron chi connectivity index (χ0n) is 16.6. The molecule has 0 saturated heterocycles. The van der Waals surface area contributed by atoms with Crippen molar-refractivity contribution in [1.29, 1.82) is 0 Å². The zero-order chi connectivity index (χ0) is 20.8. The van der Waals surface area contributed by atoms with Crippen LogP contribution in [0.5, 0.6) is 0 Å². The van der Waals surface area contributed by atoms with Gasteiger partial charge in [-0.3, -0.25) is 9.36 Å². The van der Waals surface area contributed by atoms with Crippen LogP contribution >= 0.6 is 0 Å². The zero-order valence-corrected chi connectivity index (χ0v) is 16.6. The lowest BCUT2D eigenvalue weighted by Gasteiger charge is -2.16. The molecular formula is C23H23N7O. The molecule has 0 aliphatic heterocycles. The maximum absolute atomic E-state index is 13.6. The number of aryl methyl sites for hydroxylation is 2. The van der Waals surface area contributed by atoms with Crippen LogP contribution in [0.2, 0.25) is 0 Å². The molecule has 2 aromatic carbocycles. The van der Waals surface area contributed by atoms with Crippen molar-refractivity contribution in [2.24, 2.45) is 0 Å². The first-order chi connectivity index (χ1) is 14.5. The van der Waals surface area contributed by atoms with Gasteiger partial charge in [0.25, 0.3) is 5.56 Å². The highest BCUT2D eigenvalue weighted by atomic mass is 16.1. The summed E-state index contributed by atoms with van der Waals surface area (Å²) < 4.78 is 3.51. The molecule has 0 unspecified atom stereocenters. The van der Waals surface area contributed by atoms with Crippen molar-refractivity contribution in [3.63, 3.8) is 0 Å². The fraction of sp³-hybridized carbons (Fsp3) is 0.174. The Morgan fingerprint density at radius 2 is 1.74 bits per heavy atom. The van der Waals surface area contributed by atoms with E-state index in [9.17, 15) is 4.79 Å². The van der Waals surface area contributed by atoms with Gasteiger partial charge in [0.05, 0.1) is 29.5 Å². The summed E-state index contributed by atoms with van der Waals surface area (Å²) in [5, 5.41) is 0.617. The van der Waals surface area contributed by atoms with Crippen LogP contribution in [-0.2, 0) is 6.54 Å². The van der Waals surface area contributed by atoms with Gasteiger partial charge in [-0.2, -0.15) is 0 Å². The summed E-state index contributed by atoms with van der Waals surface area (Å²) in [6, 6.07) is 13.5. The minimum atomic E-state index is -0.0963. The molecule has 0 fully saturated rings. The molecule has 0 atom stereocenters. The van der Waals surface area contributed by atoms with Gasteiger partial charge in [-0.1, -0.05) is 37.8 Å². The molecule has 5 aromatic rings. The van der Waals surface area contributed by atoms with Crippen molar-refractivity contribution in [3.8, 4) is 5.69 Å². The van der Waals surface area contributed by atoms with Crippen LogP contribution in [0.1, 0.15) is 24.4 Å². The van der Waals surface area contributed by atoms with Gasteiger partial charge in [0, 0.05) is 0 Å². The van der Waals surface area contributed by atoms with Gasteiger partial charge in [-0.15, -0.1) is 0 Å². The molecule has 0 bridgehead atoms. The topological polar surface area (TPSA) is 105 Å². The van der Waals surface area contributed by atoms with Gasteiger partial charge in [-0.25, -0.2) is 19.9 Å². The highest BCUT2D eigenvalue weighted by Gasteiger charge is 2.17. The Kier molecular flexibility index (Phi) is 4.98. The van der Waals surface area contributed by atoms with Gasteiger partial charge >= 0.3 is 0 Å². The molecule has 5 rings (SSSR count). The van der Waals surface area contributed by atoms with Crippen LogP contribution < -0.4 is 11.3 Å². The van der Waals surface area contributed by atoms with E-state index in [1.165, 1.54) is 6.33 Å².